The van der Waals surface area contributed by atoms with Gasteiger partial charge in [-0.05, 0) is 64.0 Å². The quantitative estimate of drug-likeness (QED) is 0.0357. The summed E-state index contributed by atoms with van der Waals surface area (Å²) in [7, 11) is -1.84. The standard InChI is InChI=1S/C23H36N2O5Si.C17H22N2O5/c1-9-29-21(26)17-23(5,6)13-12-18-16-19(25(27)28)10-11-20(18)24-14-15-30-31(7,8)22(2,3)4;1-4-24-16(21)11-17(2,3)15-10-12-9-13(19(22)23)5-6-14(12)18(15)7-8-20/h10-11,16,24H,9,14-15,17H2,1-8H3;5-6,9-10,20H,4,7-8,11H2,1-3H3. The number of rotatable bonds is 16. The first-order chi connectivity index (χ1) is 25.5. The number of ether oxygens (including phenoxy) is 2. The van der Waals surface area contributed by atoms with E-state index in [4.69, 9.17) is 13.9 Å². The zero-order valence-electron chi connectivity index (χ0n) is 34.2. The number of nitro benzene ring substituents is 2. The van der Waals surface area contributed by atoms with Crippen LogP contribution in [0.5, 0.6) is 0 Å². The third kappa shape index (κ3) is 13.8. The van der Waals surface area contributed by atoms with Gasteiger partial charge in [0.25, 0.3) is 11.4 Å². The lowest BCUT2D eigenvalue weighted by atomic mass is 9.85. The highest BCUT2D eigenvalue weighted by molar-refractivity contribution is 6.74. The molecule has 0 fully saturated rings. The number of non-ortho nitro benzene ring substituents is 2. The molecule has 0 spiro atoms. The predicted molar refractivity (Wildman–Crippen MR) is 217 cm³/mol. The van der Waals surface area contributed by atoms with Crippen LogP contribution in [0.4, 0.5) is 17.1 Å². The van der Waals surface area contributed by atoms with E-state index in [0.29, 0.717) is 49.5 Å². The van der Waals surface area contributed by atoms with Crippen molar-refractivity contribution in [3.8, 4) is 11.8 Å². The molecule has 0 aliphatic carbocycles. The van der Waals surface area contributed by atoms with E-state index in [0.717, 1.165) is 11.2 Å². The van der Waals surface area contributed by atoms with Crippen LogP contribution in [0.2, 0.25) is 18.1 Å². The molecular formula is C40H58N4O10Si. The van der Waals surface area contributed by atoms with Crippen LogP contribution >= 0.6 is 0 Å². The topological polar surface area (TPSA) is 185 Å². The summed E-state index contributed by atoms with van der Waals surface area (Å²) in [6.07, 6.45) is 0.330. The van der Waals surface area contributed by atoms with Crippen molar-refractivity contribution in [1.29, 1.82) is 0 Å². The summed E-state index contributed by atoms with van der Waals surface area (Å²) in [6, 6.07) is 11.0. The van der Waals surface area contributed by atoms with Crippen molar-refractivity contribution in [1.82, 2.24) is 4.57 Å². The molecule has 0 aliphatic rings. The number of nitrogens with one attached hydrogen (secondary N) is 1. The molecule has 0 radical (unpaired) electrons. The normalized spacial score (nSPS) is 11.9. The maximum Gasteiger partial charge on any atom is 0.307 e. The van der Waals surface area contributed by atoms with Gasteiger partial charge in [0.15, 0.2) is 8.32 Å². The molecule has 0 atom stereocenters. The summed E-state index contributed by atoms with van der Waals surface area (Å²) in [4.78, 5) is 45.0. The third-order valence-corrected chi connectivity index (χ3v) is 13.9. The van der Waals surface area contributed by atoms with Crippen molar-refractivity contribution in [2.75, 3.05) is 38.3 Å². The number of nitrogens with zero attached hydrogens (tertiary/aromatic N) is 3. The zero-order chi connectivity index (χ0) is 41.8. The lowest BCUT2D eigenvalue weighted by Crippen LogP contribution is -2.41. The van der Waals surface area contributed by atoms with Crippen LogP contribution in [0.15, 0.2) is 42.5 Å². The summed E-state index contributed by atoms with van der Waals surface area (Å²) in [6.45, 7) is 24.0. The number of carbonyl (C=O) groups excluding carboxylic acids is 2. The van der Waals surface area contributed by atoms with Gasteiger partial charge in [-0.15, -0.1) is 0 Å². The fraction of sp³-hybridized carbons (Fsp3) is 0.550. The second-order valence-corrected chi connectivity index (χ2v) is 20.7. The number of aromatic nitrogens is 1. The van der Waals surface area contributed by atoms with Gasteiger partial charge in [0.2, 0.25) is 0 Å². The van der Waals surface area contributed by atoms with Gasteiger partial charge in [0.1, 0.15) is 0 Å². The second-order valence-electron chi connectivity index (χ2n) is 15.9. The lowest BCUT2D eigenvalue weighted by Gasteiger charge is -2.36. The Kier molecular flexibility index (Phi) is 16.6. The van der Waals surface area contributed by atoms with Gasteiger partial charge in [-0.2, -0.15) is 0 Å². The van der Waals surface area contributed by atoms with Crippen molar-refractivity contribution in [3.05, 3.63) is 74.0 Å². The van der Waals surface area contributed by atoms with Gasteiger partial charge in [0.05, 0.1) is 60.4 Å². The van der Waals surface area contributed by atoms with Crippen LogP contribution in [0.3, 0.4) is 0 Å². The highest BCUT2D eigenvalue weighted by Crippen LogP contribution is 2.37. The van der Waals surface area contributed by atoms with Crippen molar-refractivity contribution >= 4 is 48.2 Å². The molecule has 14 nitrogen and oxygen atoms in total. The first kappa shape index (κ1) is 46.4. The monoisotopic (exact) mass is 782 g/mol. The number of hydrogen-bond acceptors (Lipinski definition) is 11. The number of benzene rings is 2. The van der Waals surface area contributed by atoms with Crippen LogP contribution in [0.1, 0.15) is 86.4 Å². The molecule has 0 saturated heterocycles. The molecule has 2 N–H and O–H groups in total. The Morgan fingerprint density at radius 1 is 0.873 bits per heavy atom. The lowest BCUT2D eigenvalue weighted by molar-refractivity contribution is -0.385. The van der Waals surface area contributed by atoms with E-state index >= 15 is 0 Å². The van der Waals surface area contributed by atoms with Crippen LogP contribution in [-0.4, -0.2) is 72.7 Å². The highest BCUT2D eigenvalue weighted by atomic mass is 28.4. The van der Waals surface area contributed by atoms with E-state index in [2.05, 4.69) is 51.0 Å². The summed E-state index contributed by atoms with van der Waals surface area (Å²) in [5, 5.41) is 35.7. The predicted octanol–water partition coefficient (Wildman–Crippen LogP) is 8.13. The smallest absolute Gasteiger partial charge is 0.307 e. The molecule has 3 aromatic rings. The Morgan fingerprint density at radius 3 is 1.98 bits per heavy atom. The van der Waals surface area contributed by atoms with Gasteiger partial charge >= 0.3 is 11.9 Å². The van der Waals surface area contributed by atoms with Crippen LogP contribution < -0.4 is 5.32 Å². The Bertz CT molecular complexity index is 1880. The number of hydrogen-bond donors (Lipinski definition) is 2. The van der Waals surface area contributed by atoms with Crippen molar-refractivity contribution in [2.45, 2.75) is 105 Å². The number of fused-ring (bicyclic) bond motifs is 1. The van der Waals surface area contributed by atoms with Gasteiger partial charge in [-0.25, -0.2) is 0 Å². The molecule has 0 bridgehead atoms. The second kappa shape index (κ2) is 19.7. The SMILES string of the molecule is CCOC(=O)CC(C)(C)C#Cc1cc([N+](=O)[O-])ccc1NCCO[Si](C)(C)C(C)(C)C.CCOC(=O)CC(C)(C)c1cc2cc([N+](=O)[O-])ccc2n1CCO. The third-order valence-electron chi connectivity index (χ3n) is 9.33. The molecule has 1 aromatic heterocycles. The Hall–Kier alpha value is -4.78. The van der Waals surface area contributed by atoms with Crippen molar-refractivity contribution < 1.29 is 38.4 Å². The minimum Gasteiger partial charge on any atom is -0.466 e. The van der Waals surface area contributed by atoms with Crippen LogP contribution in [-0.2, 0) is 35.4 Å². The van der Waals surface area contributed by atoms with Crippen LogP contribution in [0, 0.1) is 37.5 Å². The number of esters is 2. The first-order valence-corrected chi connectivity index (χ1v) is 21.3. The Labute approximate surface area is 325 Å². The number of nitro groups is 2. The molecule has 302 valence electrons. The van der Waals surface area contributed by atoms with E-state index in [9.17, 15) is 34.9 Å². The molecule has 0 unspecified atom stereocenters. The highest BCUT2D eigenvalue weighted by Gasteiger charge is 2.37. The molecule has 0 aliphatic heterocycles. The minimum atomic E-state index is -1.84. The van der Waals surface area contributed by atoms with E-state index in [-0.39, 0.29) is 47.8 Å². The fourth-order valence-corrected chi connectivity index (χ4v) is 6.45. The summed E-state index contributed by atoms with van der Waals surface area (Å²) >= 11 is 0. The Balaban J connectivity index is 0.000000392. The van der Waals surface area contributed by atoms with Gasteiger partial charge in [0, 0.05) is 64.8 Å². The number of aliphatic hydroxyl groups excluding tert-OH is 1. The maximum absolute atomic E-state index is 11.9. The molecule has 3 rings (SSSR count). The van der Waals surface area contributed by atoms with Crippen molar-refractivity contribution in [3.63, 3.8) is 0 Å². The van der Waals surface area contributed by atoms with Gasteiger partial charge in [-0.3, -0.25) is 29.8 Å². The van der Waals surface area contributed by atoms with E-state index in [1.54, 1.807) is 26.0 Å². The van der Waals surface area contributed by atoms with Gasteiger partial charge in [-0.1, -0.05) is 46.5 Å². The van der Waals surface area contributed by atoms with E-state index < -0.39 is 29.0 Å². The van der Waals surface area contributed by atoms with E-state index in [1.165, 1.54) is 24.3 Å². The summed E-state index contributed by atoms with van der Waals surface area (Å²) in [5.74, 6) is 5.47. The number of aliphatic hydroxyl groups is 1. The Morgan fingerprint density at radius 2 is 1.44 bits per heavy atom. The molecule has 15 heteroatoms. The molecule has 0 saturated carbocycles. The number of anilines is 1. The summed E-state index contributed by atoms with van der Waals surface area (Å²) < 4.78 is 18.1. The number of carbonyl (C=O) groups is 2. The fourth-order valence-electron chi connectivity index (χ4n) is 5.40. The van der Waals surface area contributed by atoms with Crippen molar-refractivity contribution in [2.24, 2.45) is 5.41 Å². The molecule has 55 heavy (non-hydrogen) atoms. The maximum atomic E-state index is 11.9. The van der Waals surface area contributed by atoms with Gasteiger partial charge < -0.3 is 28.9 Å². The molecule has 2 aromatic carbocycles. The zero-order valence-corrected chi connectivity index (χ0v) is 35.2. The molecule has 0 amide bonds. The first-order valence-electron chi connectivity index (χ1n) is 18.4. The summed E-state index contributed by atoms with van der Waals surface area (Å²) in [5.41, 5.74) is 1.66. The molecule has 1 heterocycles. The average molecular weight is 783 g/mol. The average Bonchev–Trinajstić information content (AvgIpc) is 3.44. The van der Waals surface area contributed by atoms with E-state index in [1.807, 2.05) is 38.3 Å². The van der Waals surface area contributed by atoms with Crippen LogP contribution in [0.25, 0.3) is 10.9 Å². The molecular weight excluding hydrogens is 725 g/mol. The minimum absolute atomic E-state index is 0.0124. The largest absolute Gasteiger partial charge is 0.466 e.